The van der Waals surface area contributed by atoms with E-state index in [0.29, 0.717) is 0 Å². The summed E-state index contributed by atoms with van der Waals surface area (Å²) >= 11 is 1.75. The largest absolute Gasteiger partial charge is 0.370 e. The summed E-state index contributed by atoms with van der Waals surface area (Å²) in [5.41, 5.74) is 2.53. The van der Waals surface area contributed by atoms with E-state index in [1.807, 2.05) is 6.07 Å². The first kappa shape index (κ1) is 14.0. The number of nitrogens with one attached hydrogen (secondary N) is 1. The molecule has 0 spiro atoms. The quantitative estimate of drug-likeness (QED) is 0.779. The van der Waals surface area contributed by atoms with Crippen LogP contribution in [-0.2, 0) is 6.42 Å². The first-order chi connectivity index (χ1) is 10.2. The van der Waals surface area contributed by atoms with Gasteiger partial charge >= 0.3 is 0 Å². The molecule has 0 bridgehead atoms. The zero-order valence-electron chi connectivity index (χ0n) is 12.6. The van der Waals surface area contributed by atoms with Crippen LogP contribution in [0.5, 0.6) is 0 Å². The van der Waals surface area contributed by atoms with Gasteiger partial charge in [0.05, 0.1) is 5.39 Å². The van der Waals surface area contributed by atoms with E-state index in [0.717, 1.165) is 29.4 Å². The molecule has 2 heterocycles. The second-order valence-corrected chi connectivity index (χ2v) is 6.35. The van der Waals surface area contributed by atoms with Crippen LogP contribution in [0.3, 0.4) is 0 Å². The van der Waals surface area contributed by atoms with Crippen LogP contribution < -0.4 is 5.32 Å². The summed E-state index contributed by atoms with van der Waals surface area (Å²) in [5, 5.41) is 4.56. The van der Waals surface area contributed by atoms with Gasteiger partial charge in [-0.2, -0.15) is 0 Å². The number of rotatable bonds is 4. The smallest absolute Gasteiger partial charge is 0.138 e. The number of nitrogens with zero attached hydrogens (tertiary/aromatic N) is 2. The van der Waals surface area contributed by atoms with Crippen molar-refractivity contribution in [1.29, 1.82) is 0 Å². The number of aromatic nitrogens is 2. The Balaban J connectivity index is 2.08. The maximum Gasteiger partial charge on any atom is 0.138 e. The van der Waals surface area contributed by atoms with Gasteiger partial charge in [0.15, 0.2) is 0 Å². The lowest BCUT2D eigenvalue weighted by Crippen LogP contribution is -2.05. The van der Waals surface area contributed by atoms with Crippen LogP contribution in [0, 0.1) is 13.8 Å². The minimum Gasteiger partial charge on any atom is -0.370 e. The minimum atomic E-state index is 0.769. The van der Waals surface area contributed by atoms with Gasteiger partial charge in [-0.1, -0.05) is 30.3 Å². The number of fused-ring (bicyclic) bond motifs is 1. The van der Waals surface area contributed by atoms with Crippen molar-refractivity contribution < 1.29 is 0 Å². The van der Waals surface area contributed by atoms with Gasteiger partial charge in [-0.25, -0.2) is 9.97 Å². The van der Waals surface area contributed by atoms with Gasteiger partial charge in [0.25, 0.3) is 0 Å². The molecule has 0 unspecified atom stereocenters. The van der Waals surface area contributed by atoms with Crippen molar-refractivity contribution in [3.8, 4) is 0 Å². The fourth-order valence-corrected chi connectivity index (χ4v) is 3.49. The molecule has 0 aliphatic carbocycles. The third kappa shape index (κ3) is 2.76. The van der Waals surface area contributed by atoms with Crippen LogP contribution in [0.1, 0.15) is 28.8 Å². The van der Waals surface area contributed by atoms with E-state index in [-0.39, 0.29) is 0 Å². The lowest BCUT2D eigenvalue weighted by molar-refractivity contribution is 0.989. The zero-order valence-corrected chi connectivity index (χ0v) is 13.4. The minimum absolute atomic E-state index is 0.769. The molecule has 0 radical (unpaired) electrons. The highest BCUT2D eigenvalue weighted by atomic mass is 32.1. The number of aryl methyl sites for hydroxylation is 2. The third-order valence-electron chi connectivity index (χ3n) is 3.62. The van der Waals surface area contributed by atoms with E-state index in [9.17, 15) is 0 Å². The van der Waals surface area contributed by atoms with Crippen LogP contribution in [0.2, 0.25) is 0 Å². The molecule has 21 heavy (non-hydrogen) atoms. The predicted molar refractivity (Wildman–Crippen MR) is 90.3 cm³/mol. The van der Waals surface area contributed by atoms with E-state index in [1.165, 1.54) is 21.4 Å². The van der Waals surface area contributed by atoms with Crippen LogP contribution in [-0.4, -0.2) is 16.5 Å². The fourth-order valence-electron chi connectivity index (χ4n) is 2.45. The molecule has 1 N–H and O–H groups in total. The molecule has 0 aliphatic rings. The van der Waals surface area contributed by atoms with Crippen molar-refractivity contribution >= 4 is 27.4 Å². The van der Waals surface area contributed by atoms with E-state index < -0.39 is 0 Å². The summed E-state index contributed by atoms with van der Waals surface area (Å²) in [6.45, 7) is 7.26. The molecular weight excluding hydrogens is 278 g/mol. The van der Waals surface area contributed by atoms with Crippen molar-refractivity contribution in [2.45, 2.75) is 27.2 Å². The predicted octanol–water partition coefficient (Wildman–Crippen LogP) is 4.33. The molecule has 3 nitrogen and oxygen atoms in total. The van der Waals surface area contributed by atoms with Crippen LogP contribution in [0.15, 0.2) is 30.3 Å². The second-order valence-electron chi connectivity index (χ2n) is 5.14. The molecule has 0 saturated heterocycles. The summed E-state index contributed by atoms with van der Waals surface area (Å²) in [4.78, 5) is 11.9. The summed E-state index contributed by atoms with van der Waals surface area (Å²) in [5.74, 6) is 1.85. The Bertz CT molecular complexity index is 763. The van der Waals surface area contributed by atoms with Crippen molar-refractivity contribution in [1.82, 2.24) is 9.97 Å². The molecule has 3 rings (SSSR count). The highest BCUT2D eigenvalue weighted by Gasteiger charge is 2.14. The molecule has 0 atom stereocenters. The average molecular weight is 297 g/mol. The maximum atomic E-state index is 4.76. The molecule has 4 heteroatoms. The highest BCUT2D eigenvalue weighted by molar-refractivity contribution is 7.18. The van der Waals surface area contributed by atoms with Crippen LogP contribution in [0.25, 0.3) is 10.2 Å². The Labute approximate surface area is 129 Å². The lowest BCUT2D eigenvalue weighted by atomic mass is 10.1. The molecule has 108 valence electrons. The molecule has 0 amide bonds. The molecule has 0 saturated carbocycles. The number of hydrogen-bond acceptors (Lipinski definition) is 4. The van der Waals surface area contributed by atoms with E-state index in [2.05, 4.69) is 50.4 Å². The first-order valence-electron chi connectivity index (χ1n) is 7.23. The number of hydrogen-bond donors (Lipinski definition) is 1. The molecule has 0 fully saturated rings. The molecule has 2 aromatic heterocycles. The van der Waals surface area contributed by atoms with Crippen molar-refractivity contribution in [3.05, 3.63) is 52.2 Å². The van der Waals surface area contributed by atoms with Gasteiger partial charge in [-0.05, 0) is 31.9 Å². The van der Waals surface area contributed by atoms with Gasteiger partial charge in [-0.15, -0.1) is 11.3 Å². The number of thiophene rings is 1. The molecule has 3 aromatic rings. The van der Waals surface area contributed by atoms with Crippen molar-refractivity contribution in [2.24, 2.45) is 0 Å². The lowest BCUT2D eigenvalue weighted by Gasteiger charge is -2.08. The number of anilines is 1. The fraction of sp³-hybridized carbons (Fsp3) is 0.294. The summed E-state index contributed by atoms with van der Waals surface area (Å²) in [6, 6.07) is 10.4. The normalized spacial score (nSPS) is 11.0. The van der Waals surface area contributed by atoms with Crippen molar-refractivity contribution in [2.75, 3.05) is 11.9 Å². The van der Waals surface area contributed by atoms with Gasteiger partial charge in [0.2, 0.25) is 0 Å². The Morgan fingerprint density at radius 3 is 2.57 bits per heavy atom. The highest BCUT2D eigenvalue weighted by Crippen LogP contribution is 2.33. The second kappa shape index (κ2) is 5.82. The van der Waals surface area contributed by atoms with E-state index >= 15 is 0 Å². The summed E-state index contributed by atoms with van der Waals surface area (Å²) in [7, 11) is 0. The first-order valence-corrected chi connectivity index (χ1v) is 8.05. The summed E-state index contributed by atoms with van der Waals surface area (Å²) < 4.78 is 0. The SMILES string of the molecule is CCNc1nc(Cc2ccccc2)nc2sc(C)c(C)c12. The Hall–Kier alpha value is -1.94. The average Bonchev–Trinajstić information content (AvgIpc) is 2.75. The Morgan fingerprint density at radius 2 is 1.86 bits per heavy atom. The van der Waals surface area contributed by atoms with E-state index in [1.54, 1.807) is 11.3 Å². The van der Waals surface area contributed by atoms with Crippen molar-refractivity contribution in [3.63, 3.8) is 0 Å². The zero-order chi connectivity index (χ0) is 14.8. The molecular formula is C17H19N3S. The van der Waals surface area contributed by atoms with Gasteiger partial charge < -0.3 is 5.32 Å². The summed E-state index contributed by atoms with van der Waals surface area (Å²) in [6.07, 6.45) is 0.769. The standard InChI is InChI=1S/C17H19N3S/c1-4-18-16-15-11(2)12(3)21-17(15)20-14(19-16)10-13-8-6-5-7-9-13/h5-9H,4,10H2,1-3H3,(H,18,19,20). The number of benzene rings is 1. The topological polar surface area (TPSA) is 37.8 Å². The maximum absolute atomic E-state index is 4.76. The van der Waals surface area contributed by atoms with Gasteiger partial charge in [0, 0.05) is 17.8 Å². The Kier molecular flexibility index (Phi) is 3.88. The molecule has 0 aliphatic heterocycles. The Morgan fingerprint density at radius 1 is 1.10 bits per heavy atom. The third-order valence-corrected chi connectivity index (χ3v) is 4.73. The monoisotopic (exact) mass is 297 g/mol. The van der Waals surface area contributed by atoms with Gasteiger partial charge in [-0.3, -0.25) is 0 Å². The van der Waals surface area contributed by atoms with Crippen LogP contribution >= 0.6 is 11.3 Å². The van der Waals surface area contributed by atoms with E-state index in [4.69, 9.17) is 9.97 Å². The van der Waals surface area contributed by atoms with Crippen LogP contribution in [0.4, 0.5) is 5.82 Å². The molecule has 1 aromatic carbocycles. The van der Waals surface area contributed by atoms with Gasteiger partial charge in [0.1, 0.15) is 16.5 Å².